The lowest BCUT2D eigenvalue weighted by Crippen LogP contribution is -2.26. The van der Waals surface area contributed by atoms with E-state index in [4.69, 9.17) is 5.11 Å². The van der Waals surface area contributed by atoms with Gasteiger partial charge in [-0.2, -0.15) is 0 Å². The molecule has 0 bridgehead atoms. The van der Waals surface area contributed by atoms with Crippen LogP contribution in [0.4, 0.5) is 0 Å². The standard InChI is InChI=1S/C15H22N2O4/c1-11(18)12-9-13(17(2)10-12)15(21)16-8-6-4-3-5-7-14(19)20/h9-10H,3-8H2,1-2H3,(H,16,21)(H,19,20). The SMILES string of the molecule is CC(=O)c1cc(C(=O)NCCCCCCC(=O)O)n(C)c1. The van der Waals surface area contributed by atoms with Crippen LogP contribution in [0.3, 0.4) is 0 Å². The molecule has 0 aliphatic heterocycles. The fourth-order valence-corrected chi connectivity index (χ4v) is 2.03. The number of carbonyl (C=O) groups excluding carboxylic acids is 2. The first-order chi connectivity index (χ1) is 9.91. The molecule has 0 aliphatic rings. The van der Waals surface area contributed by atoms with Gasteiger partial charge in [-0.25, -0.2) is 0 Å². The second-order valence-electron chi connectivity index (χ2n) is 5.09. The van der Waals surface area contributed by atoms with E-state index in [1.165, 1.54) is 6.92 Å². The van der Waals surface area contributed by atoms with Gasteiger partial charge in [0, 0.05) is 31.8 Å². The number of unbranched alkanes of at least 4 members (excludes halogenated alkanes) is 3. The van der Waals surface area contributed by atoms with Crippen molar-refractivity contribution in [3.8, 4) is 0 Å². The lowest BCUT2D eigenvalue weighted by molar-refractivity contribution is -0.137. The predicted octanol–water partition coefficient (Wildman–Crippen LogP) is 1.99. The molecule has 1 amide bonds. The number of carbonyl (C=O) groups is 3. The number of nitrogens with zero attached hydrogens (tertiary/aromatic N) is 1. The summed E-state index contributed by atoms with van der Waals surface area (Å²) in [7, 11) is 1.73. The molecule has 0 unspecified atom stereocenters. The summed E-state index contributed by atoms with van der Waals surface area (Å²) in [6, 6.07) is 1.59. The maximum absolute atomic E-state index is 12.0. The maximum atomic E-state index is 12.0. The molecule has 0 radical (unpaired) electrons. The number of rotatable bonds is 9. The molecule has 6 nitrogen and oxygen atoms in total. The van der Waals surface area contributed by atoms with Crippen LogP contribution in [0.15, 0.2) is 12.3 Å². The van der Waals surface area contributed by atoms with Crippen molar-refractivity contribution in [3.63, 3.8) is 0 Å². The zero-order chi connectivity index (χ0) is 15.8. The second-order valence-corrected chi connectivity index (χ2v) is 5.09. The summed E-state index contributed by atoms with van der Waals surface area (Å²) in [5, 5.41) is 11.3. The Labute approximate surface area is 124 Å². The van der Waals surface area contributed by atoms with Crippen molar-refractivity contribution in [2.45, 2.75) is 39.0 Å². The molecular formula is C15H22N2O4. The molecule has 1 aromatic heterocycles. The molecule has 0 saturated carbocycles. The monoisotopic (exact) mass is 294 g/mol. The number of hydrogen-bond donors (Lipinski definition) is 2. The van der Waals surface area contributed by atoms with Gasteiger partial charge in [0.15, 0.2) is 5.78 Å². The minimum Gasteiger partial charge on any atom is -0.481 e. The van der Waals surface area contributed by atoms with Gasteiger partial charge in [-0.3, -0.25) is 14.4 Å². The van der Waals surface area contributed by atoms with Crippen molar-refractivity contribution >= 4 is 17.7 Å². The fraction of sp³-hybridized carbons (Fsp3) is 0.533. The zero-order valence-electron chi connectivity index (χ0n) is 12.5. The summed E-state index contributed by atoms with van der Waals surface area (Å²) in [5.74, 6) is -1.04. The van der Waals surface area contributed by atoms with Crippen LogP contribution < -0.4 is 5.32 Å². The van der Waals surface area contributed by atoms with Crippen molar-refractivity contribution in [1.82, 2.24) is 9.88 Å². The topological polar surface area (TPSA) is 88.4 Å². The molecule has 6 heteroatoms. The number of carboxylic acids is 1. The summed E-state index contributed by atoms with van der Waals surface area (Å²) in [6.07, 6.45) is 5.06. The summed E-state index contributed by atoms with van der Waals surface area (Å²) in [4.78, 5) is 33.5. The van der Waals surface area contributed by atoms with Crippen molar-refractivity contribution < 1.29 is 19.5 Å². The van der Waals surface area contributed by atoms with E-state index in [1.807, 2.05) is 0 Å². The summed E-state index contributed by atoms with van der Waals surface area (Å²) in [6.45, 7) is 2.01. The minimum atomic E-state index is -0.770. The summed E-state index contributed by atoms with van der Waals surface area (Å²) >= 11 is 0. The lowest BCUT2D eigenvalue weighted by atomic mass is 10.1. The van der Waals surface area contributed by atoms with E-state index >= 15 is 0 Å². The van der Waals surface area contributed by atoms with E-state index in [2.05, 4.69) is 5.32 Å². The van der Waals surface area contributed by atoms with Crippen molar-refractivity contribution in [2.75, 3.05) is 6.54 Å². The first-order valence-electron chi connectivity index (χ1n) is 7.09. The third-order valence-electron chi connectivity index (χ3n) is 3.25. The Balaban J connectivity index is 2.28. The largest absolute Gasteiger partial charge is 0.481 e. The highest BCUT2D eigenvalue weighted by atomic mass is 16.4. The highest BCUT2D eigenvalue weighted by Crippen LogP contribution is 2.08. The minimum absolute atomic E-state index is 0.0666. The smallest absolute Gasteiger partial charge is 0.303 e. The Morgan fingerprint density at radius 1 is 1.19 bits per heavy atom. The number of carboxylic acid groups (broad SMARTS) is 1. The average molecular weight is 294 g/mol. The van der Waals surface area contributed by atoms with Crippen LogP contribution in [0.5, 0.6) is 0 Å². The van der Waals surface area contributed by atoms with Crippen LogP contribution in [0.1, 0.15) is 59.9 Å². The maximum Gasteiger partial charge on any atom is 0.303 e. The van der Waals surface area contributed by atoms with Crippen LogP contribution in [-0.2, 0) is 11.8 Å². The zero-order valence-corrected chi connectivity index (χ0v) is 12.5. The third kappa shape index (κ3) is 5.81. The highest BCUT2D eigenvalue weighted by molar-refractivity contribution is 5.99. The summed E-state index contributed by atoms with van der Waals surface area (Å²) in [5.41, 5.74) is 0.988. The van der Waals surface area contributed by atoms with Gasteiger partial charge in [-0.1, -0.05) is 12.8 Å². The Morgan fingerprint density at radius 2 is 1.86 bits per heavy atom. The first kappa shape index (κ1) is 16.9. The number of ketones is 1. The van der Waals surface area contributed by atoms with Crippen LogP contribution in [0.25, 0.3) is 0 Å². The molecule has 1 rings (SSSR count). The molecule has 2 N–H and O–H groups in total. The summed E-state index contributed by atoms with van der Waals surface area (Å²) < 4.78 is 1.64. The molecule has 0 spiro atoms. The van der Waals surface area contributed by atoms with Gasteiger partial charge in [0.25, 0.3) is 5.91 Å². The molecule has 21 heavy (non-hydrogen) atoms. The Hall–Kier alpha value is -2.11. The van der Waals surface area contributed by atoms with Crippen molar-refractivity contribution in [1.29, 1.82) is 0 Å². The van der Waals surface area contributed by atoms with E-state index in [0.717, 1.165) is 19.3 Å². The van der Waals surface area contributed by atoms with E-state index in [1.54, 1.807) is 23.9 Å². The Morgan fingerprint density at radius 3 is 2.43 bits per heavy atom. The van der Waals surface area contributed by atoms with Gasteiger partial charge in [0.1, 0.15) is 5.69 Å². The second kappa shape index (κ2) is 8.24. The first-order valence-corrected chi connectivity index (χ1v) is 7.09. The number of hydrogen-bond acceptors (Lipinski definition) is 3. The number of aryl methyl sites for hydroxylation is 1. The van der Waals surface area contributed by atoms with Crippen LogP contribution >= 0.6 is 0 Å². The Kier molecular flexibility index (Phi) is 6.65. The number of aliphatic carboxylic acids is 1. The fourth-order valence-electron chi connectivity index (χ4n) is 2.03. The number of nitrogens with one attached hydrogen (secondary N) is 1. The molecule has 0 aromatic carbocycles. The molecule has 0 fully saturated rings. The third-order valence-corrected chi connectivity index (χ3v) is 3.25. The van der Waals surface area contributed by atoms with Gasteiger partial charge in [-0.15, -0.1) is 0 Å². The van der Waals surface area contributed by atoms with E-state index in [-0.39, 0.29) is 18.1 Å². The molecule has 0 saturated heterocycles. The molecule has 1 heterocycles. The predicted molar refractivity (Wildman–Crippen MR) is 78.5 cm³/mol. The lowest BCUT2D eigenvalue weighted by Gasteiger charge is -2.05. The van der Waals surface area contributed by atoms with Gasteiger partial charge < -0.3 is 15.0 Å². The molecule has 1 aromatic rings. The highest BCUT2D eigenvalue weighted by Gasteiger charge is 2.13. The van der Waals surface area contributed by atoms with E-state index in [9.17, 15) is 14.4 Å². The van der Waals surface area contributed by atoms with Gasteiger partial charge in [-0.05, 0) is 25.8 Å². The van der Waals surface area contributed by atoms with Gasteiger partial charge >= 0.3 is 5.97 Å². The van der Waals surface area contributed by atoms with Crippen molar-refractivity contribution in [3.05, 3.63) is 23.5 Å². The quantitative estimate of drug-likeness (QED) is 0.538. The molecule has 0 aliphatic carbocycles. The van der Waals surface area contributed by atoms with E-state index in [0.29, 0.717) is 24.2 Å². The molecule has 116 valence electrons. The van der Waals surface area contributed by atoms with E-state index < -0.39 is 5.97 Å². The number of amides is 1. The Bertz CT molecular complexity index is 520. The van der Waals surface area contributed by atoms with Gasteiger partial charge in [0.05, 0.1) is 0 Å². The van der Waals surface area contributed by atoms with Gasteiger partial charge in [0.2, 0.25) is 0 Å². The van der Waals surface area contributed by atoms with Crippen LogP contribution in [0, 0.1) is 0 Å². The number of aromatic nitrogens is 1. The van der Waals surface area contributed by atoms with Crippen LogP contribution in [-0.4, -0.2) is 33.9 Å². The normalized spacial score (nSPS) is 10.4. The molecular weight excluding hydrogens is 272 g/mol. The average Bonchev–Trinajstić information content (AvgIpc) is 2.79. The van der Waals surface area contributed by atoms with Crippen LogP contribution in [0.2, 0.25) is 0 Å². The number of Topliss-reactive ketones (excluding diaryl/α,β-unsaturated/α-hetero) is 1. The van der Waals surface area contributed by atoms with Crippen molar-refractivity contribution in [2.24, 2.45) is 7.05 Å². The molecule has 0 atom stereocenters.